The summed E-state index contributed by atoms with van der Waals surface area (Å²) in [6.45, 7) is 3.59. The largest absolute Gasteiger partial charge is 0.378 e. The predicted molar refractivity (Wildman–Crippen MR) is 104 cm³/mol. The second kappa shape index (κ2) is 7.80. The lowest BCUT2D eigenvalue weighted by Gasteiger charge is -2.26. The monoisotopic (exact) mass is 365 g/mol. The number of hydrogen-bond acceptors (Lipinski definition) is 4. The molecule has 0 radical (unpaired) electrons. The number of amides is 2. The highest BCUT2D eigenvalue weighted by atomic mass is 16.5. The van der Waals surface area contributed by atoms with E-state index in [1.165, 1.54) is 5.56 Å². The highest BCUT2D eigenvalue weighted by molar-refractivity contribution is 5.97. The summed E-state index contributed by atoms with van der Waals surface area (Å²) in [4.78, 5) is 28.8. The fourth-order valence-electron chi connectivity index (χ4n) is 3.59. The summed E-state index contributed by atoms with van der Waals surface area (Å²) < 4.78 is 5.28. The molecular weight excluding hydrogens is 342 g/mol. The number of anilines is 2. The van der Waals surface area contributed by atoms with Crippen molar-refractivity contribution >= 4 is 23.2 Å². The van der Waals surface area contributed by atoms with E-state index in [-0.39, 0.29) is 11.8 Å². The SMILES string of the molecule is O=C(CN1CCc2ccccc21)Nc1ccc(C(=O)N2CCOCC2)cc1. The Balaban J connectivity index is 1.34. The third-order valence-corrected chi connectivity index (χ3v) is 5.03. The van der Waals surface area contributed by atoms with Gasteiger partial charge in [-0.1, -0.05) is 18.2 Å². The van der Waals surface area contributed by atoms with Gasteiger partial charge < -0.3 is 19.9 Å². The van der Waals surface area contributed by atoms with Crippen LogP contribution in [0.25, 0.3) is 0 Å². The van der Waals surface area contributed by atoms with Gasteiger partial charge in [0.15, 0.2) is 0 Å². The molecule has 0 aliphatic carbocycles. The molecule has 140 valence electrons. The van der Waals surface area contributed by atoms with Crippen LogP contribution in [0.3, 0.4) is 0 Å². The lowest BCUT2D eigenvalue weighted by Crippen LogP contribution is -2.40. The Morgan fingerprint density at radius 3 is 2.48 bits per heavy atom. The van der Waals surface area contributed by atoms with Gasteiger partial charge in [0.1, 0.15) is 0 Å². The number of fused-ring (bicyclic) bond motifs is 1. The van der Waals surface area contributed by atoms with Crippen LogP contribution in [0.2, 0.25) is 0 Å². The Morgan fingerprint density at radius 1 is 0.963 bits per heavy atom. The Labute approximate surface area is 158 Å². The van der Waals surface area contributed by atoms with Gasteiger partial charge in [-0.2, -0.15) is 0 Å². The molecule has 0 bridgehead atoms. The van der Waals surface area contributed by atoms with Crippen LogP contribution in [0.15, 0.2) is 48.5 Å². The third-order valence-electron chi connectivity index (χ3n) is 5.03. The number of ether oxygens (including phenoxy) is 1. The van der Waals surface area contributed by atoms with Crippen molar-refractivity contribution in [1.82, 2.24) is 4.90 Å². The van der Waals surface area contributed by atoms with E-state index in [9.17, 15) is 9.59 Å². The molecule has 2 amide bonds. The number of rotatable bonds is 4. The zero-order valence-electron chi connectivity index (χ0n) is 15.2. The van der Waals surface area contributed by atoms with Crippen LogP contribution in [-0.4, -0.2) is 56.1 Å². The topological polar surface area (TPSA) is 61.9 Å². The standard InChI is InChI=1S/C21H23N3O3/c25-20(15-24-10-9-16-3-1-2-4-19(16)24)22-18-7-5-17(6-8-18)21(26)23-11-13-27-14-12-23/h1-8H,9-15H2,(H,22,25). The van der Waals surface area contributed by atoms with Gasteiger partial charge in [-0.3, -0.25) is 9.59 Å². The molecule has 2 aromatic carbocycles. The zero-order chi connectivity index (χ0) is 18.6. The van der Waals surface area contributed by atoms with Gasteiger partial charge in [0.05, 0.1) is 19.8 Å². The van der Waals surface area contributed by atoms with Crippen molar-refractivity contribution in [2.45, 2.75) is 6.42 Å². The van der Waals surface area contributed by atoms with Gasteiger partial charge in [0, 0.05) is 36.6 Å². The molecule has 0 aromatic heterocycles. The molecule has 27 heavy (non-hydrogen) atoms. The zero-order valence-corrected chi connectivity index (χ0v) is 15.2. The number of nitrogens with one attached hydrogen (secondary N) is 1. The van der Waals surface area contributed by atoms with Crippen LogP contribution in [0, 0.1) is 0 Å². The maximum Gasteiger partial charge on any atom is 0.254 e. The summed E-state index contributed by atoms with van der Waals surface area (Å²) in [6, 6.07) is 15.3. The first-order valence-corrected chi connectivity index (χ1v) is 9.30. The summed E-state index contributed by atoms with van der Waals surface area (Å²) >= 11 is 0. The Hall–Kier alpha value is -2.86. The minimum Gasteiger partial charge on any atom is -0.378 e. The first-order valence-electron chi connectivity index (χ1n) is 9.30. The van der Waals surface area contributed by atoms with Crippen LogP contribution < -0.4 is 10.2 Å². The van der Waals surface area contributed by atoms with E-state index in [0.29, 0.717) is 44.1 Å². The molecule has 0 saturated carbocycles. The van der Waals surface area contributed by atoms with Crippen LogP contribution in [0.4, 0.5) is 11.4 Å². The number of hydrogen-bond donors (Lipinski definition) is 1. The predicted octanol–water partition coefficient (Wildman–Crippen LogP) is 2.16. The van der Waals surface area contributed by atoms with Crippen LogP contribution >= 0.6 is 0 Å². The first kappa shape index (κ1) is 17.5. The van der Waals surface area contributed by atoms with Crippen LogP contribution in [0.1, 0.15) is 15.9 Å². The van der Waals surface area contributed by atoms with Gasteiger partial charge in [0.25, 0.3) is 5.91 Å². The summed E-state index contributed by atoms with van der Waals surface area (Å²) in [7, 11) is 0. The van der Waals surface area contributed by atoms with E-state index in [0.717, 1.165) is 18.7 Å². The Bertz CT molecular complexity index is 829. The lowest BCUT2D eigenvalue weighted by molar-refractivity contribution is -0.115. The summed E-state index contributed by atoms with van der Waals surface area (Å²) in [6.07, 6.45) is 0.974. The van der Waals surface area contributed by atoms with Gasteiger partial charge in [-0.15, -0.1) is 0 Å². The average Bonchev–Trinajstić information content (AvgIpc) is 3.11. The van der Waals surface area contributed by atoms with Crippen LogP contribution in [-0.2, 0) is 16.0 Å². The van der Waals surface area contributed by atoms with Crippen molar-refractivity contribution in [3.05, 3.63) is 59.7 Å². The number of carbonyl (C=O) groups excluding carboxylic acids is 2. The maximum absolute atomic E-state index is 12.5. The van der Waals surface area contributed by atoms with Crippen molar-refractivity contribution in [3.8, 4) is 0 Å². The van der Waals surface area contributed by atoms with Crippen LogP contribution in [0.5, 0.6) is 0 Å². The van der Waals surface area contributed by atoms with Gasteiger partial charge in [0.2, 0.25) is 5.91 Å². The molecule has 2 aliphatic heterocycles. The molecule has 2 aromatic rings. The minimum absolute atomic E-state index is 0.00449. The van der Waals surface area contributed by atoms with Crippen molar-refractivity contribution < 1.29 is 14.3 Å². The normalized spacial score (nSPS) is 16.1. The number of morpholine rings is 1. The van der Waals surface area contributed by atoms with Crippen molar-refractivity contribution in [3.63, 3.8) is 0 Å². The molecular formula is C21H23N3O3. The summed E-state index contributed by atoms with van der Waals surface area (Å²) in [5, 5.41) is 2.92. The van der Waals surface area contributed by atoms with Gasteiger partial charge in [-0.25, -0.2) is 0 Å². The third kappa shape index (κ3) is 3.95. The molecule has 1 fully saturated rings. The quantitative estimate of drug-likeness (QED) is 0.902. The maximum atomic E-state index is 12.5. The Kier molecular flexibility index (Phi) is 5.07. The van der Waals surface area contributed by atoms with E-state index in [4.69, 9.17) is 4.74 Å². The molecule has 4 rings (SSSR count). The highest BCUT2D eigenvalue weighted by Crippen LogP contribution is 2.27. The van der Waals surface area contributed by atoms with E-state index < -0.39 is 0 Å². The summed E-state index contributed by atoms with van der Waals surface area (Å²) in [5.41, 5.74) is 3.75. The van der Waals surface area contributed by atoms with E-state index in [1.807, 2.05) is 12.1 Å². The number of benzene rings is 2. The molecule has 1 N–H and O–H groups in total. The molecule has 6 heteroatoms. The van der Waals surface area contributed by atoms with Crippen molar-refractivity contribution in [1.29, 1.82) is 0 Å². The van der Waals surface area contributed by atoms with Crippen molar-refractivity contribution in [2.75, 3.05) is 49.6 Å². The molecule has 6 nitrogen and oxygen atoms in total. The van der Waals surface area contributed by atoms with Crippen molar-refractivity contribution in [2.24, 2.45) is 0 Å². The molecule has 0 atom stereocenters. The molecule has 0 spiro atoms. The smallest absolute Gasteiger partial charge is 0.254 e. The fraction of sp³-hybridized carbons (Fsp3) is 0.333. The molecule has 1 saturated heterocycles. The minimum atomic E-state index is -0.0565. The fourth-order valence-corrected chi connectivity index (χ4v) is 3.59. The van der Waals surface area contributed by atoms with Gasteiger partial charge >= 0.3 is 0 Å². The number of nitrogens with zero attached hydrogens (tertiary/aromatic N) is 2. The number of carbonyl (C=O) groups is 2. The summed E-state index contributed by atoms with van der Waals surface area (Å²) in [5.74, 6) is -0.0520. The van der Waals surface area contributed by atoms with Gasteiger partial charge in [-0.05, 0) is 42.3 Å². The molecule has 2 heterocycles. The number of para-hydroxylation sites is 1. The highest BCUT2D eigenvalue weighted by Gasteiger charge is 2.21. The van der Waals surface area contributed by atoms with E-state index >= 15 is 0 Å². The second-order valence-corrected chi connectivity index (χ2v) is 6.83. The van der Waals surface area contributed by atoms with E-state index in [1.54, 1.807) is 29.2 Å². The lowest BCUT2D eigenvalue weighted by atomic mass is 10.1. The Morgan fingerprint density at radius 2 is 1.70 bits per heavy atom. The first-order chi connectivity index (χ1) is 13.2. The molecule has 0 unspecified atom stereocenters. The molecule has 2 aliphatic rings. The second-order valence-electron chi connectivity index (χ2n) is 6.83. The average molecular weight is 365 g/mol. The van der Waals surface area contributed by atoms with E-state index in [2.05, 4.69) is 22.3 Å².